The predicted octanol–water partition coefficient (Wildman–Crippen LogP) is 2.85. The second-order valence-electron chi connectivity index (χ2n) is 4.74. The summed E-state index contributed by atoms with van der Waals surface area (Å²) >= 11 is 5.81. The molecular formula is C15H16ClN5O3. The molecule has 0 radical (unpaired) electrons. The SMILES string of the molecule is CCO/C=N/c1c(N=Nc2ccc(Cl)cc2)c(=O)n(C)c(=O)n1C. The lowest BCUT2D eigenvalue weighted by atomic mass is 10.3. The first kappa shape index (κ1) is 17.6. The van der Waals surface area contributed by atoms with Crippen molar-refractivity contribution in [2.45, 2.75) is 6.92 Å². The van der Waals surface area contributed by atoms with E-state index in [2.05, 4.69) is 15.2 Å². The molecule has 0 aliphatic rings. The molecular weight excluding hydrogens is 334 g/mol. The summed E-state index contributed by atoms with van der Waals surface area (Å²) in [6.07, 6.45) is 1.16. The third-order valence-electron chi connectivity index (χ3n) is 3.12. The highest BCUT2D eigenvalue weighted by Crippen LogP contribution is 2.24. The number of benzene rings is 1. The minimum absolute atomic E-state index is 0.0641. The summed E-state index contributed by atoms with van der Waals surface area (Å²) < 4.78 is 7.17. The van der Waals surface area contributed by atoms with Crippen LogP contribution in [0, 0.1) is 0 Å². The molecule has 0 atom stereocenters. The van der Waals surface area contributed by atoms with Crippen molar-refractivity contribution in [3.8, 4) is 0 Å². The summed E-state index contributed by atoms with van der Waals surface area (Å²) in [6, 6.07) is 6.62. The summed E-state index contributed by atoms with van der Waals surface area (Å²) in [5, 5.41) is 8.53. The second kappa shape index (κ2) is 7.69. The van der Waals surface area contributed by atoms with Crippen molar-refractivity contribution in [1.29, 1.82) is 0 Å². The summed E-state index contributed by atoms with van der Waals surface area (Å²) in [5.74, 6) is 0.0641. The first-order valence-corrected chi connectivity index (χ1v) is 7.45. The van der Waals surface area contributed by atoms with Gasteiger partial charge in [0, 0.05) is 19.1 Å². The molecule has 0 saturated carbocycles. The summed E-state index contributed by atoms with van der Waals surface area (Å²) in [7, 11) is 2.85. The standard InChI is InChI=1S/C15H16ClN5O3/c1-4-24-9-17-13-12(14(22)21(3)15(23)20(13)2)19-18-11-7-5-10(16)6-8-11/h5-9H,4H2,1-3H3/b17-9+,19-18?. The van der Waals surface area contributed by atoms with E-state index < -0.39 is 11.2 Å². The molecule has 1 aromatic carbocycles. The molecule has 1 heterocycles. The molecule has 0 spiro atoms. The predicted molar refractivity (Wildman–Crippen MR) is 92.3 cm³/mol. The van der Waals surface area contributed by atoms with Gasteiger partial charge in [-0.3, -0.25) is 13.9 Å². The van der Waals surface area contributed by atoms with E-state index >= 15 is 0 Å². The zero-order valence-electron chi connectivity index (χ0n) is 13.4. The molecule has 0 saturated heterocycles. The van der Waals surface area contributed by atoms with E-state index in [0.717, 1.165) is 11.0 Å². The number of azo groups is 1. The van der Waals surface area contributed by atoms with Crippen LogP contribution in [0.1, 0.15) is 6.92 Å². The van der Waals surface area contributed by atoms with Gasteiger partial charge in [-0.05, 0) is 31.2 Å². The minimum atomic E-state index is -0.598. The van der Waals surface area contributed by atoms with Crippen LogP contribution in [0.2, 0.25) is 5.02 Å². The van der Waals surface area contributed by atoms with Crippen molar-refractivity contribution in [3.63, 3.8) is 0 Å². The molecule has 0 aliphatic carbocycles. The van der Waals surface area contributed by atoms with E-state index in [1.165, 1.54) is 18.7 Å². The Labute approximate surface area is 142 Å². The third-order valence-corrected chi connectivity index (χ3v) is 3.37. The molecule has 126 valence electrons. The van der Waals surface area contributed by atoms with Gasteiger partial charge in [-0.15, -0.1) is 5.11 Å². The highest BCUT2D eigenvalue weighted by Gasteiger charge is 2.15. The normalized spacial score (nSPS) is 11.5. The van der Waals surface area contributed by atoms with Gasteiger partial charge in [0.25, 0.3) is 5.56 Å². The van der Waals surface area contributed by atoms with Crippen molar-refractivity contribution < 1.29 is 4.74 Å². The van der Waals surface area contributed by atoms with E-state index in [1.807, 2.05) is 0 Å². The topological polar surface area (TPSA) is 90.3 Å². The number of aliphatic imine (C=N–C) groups is 1. The Hall–Kier alpha value is -2.74. The number of halogens is 1. The van der Waals surface area contributed by atoms with E-state index in [1.54, 1.807) is 31.2 Å². The third kappa shape index (κ3) is 3.77. The molecule has 0 unspecified atom stereocenters. The Kier molecular flexibility index (Phi) is 5.64. The number of ether oxygens (including phenoxy) is 1. The van der Waals surface area contributed by atoms with E-state index in [4.69, 9.17) is 16.3 Å². The van der Waals surface area contributed by atoms with Crippen molar-refractivity contribution in [2.24, 2.45) is 29.3 Å². The van der Waals surface area contributed by atoms with Gasteiger partial charge < -0.3 is 4.74 Å². The van der Waals surface area contributed by atoms with Gasteiger partial charge in [-0.1, -0.05) is 11.6 Å². The van der Waals surface area contributed by atoms with Crippen molar-refractivity contribution in [2.75, 3.05) is 6.61 Å². The van der Waals surface area contributed by atoms with Crippen molar-refractivity contribution in [1.82, 2.24) is 9.13 Å². The lowest BCUT2D eigenvalue weighted by molar-refractivity contribution is 0.343. The van der Waals surface area contributed by atoms with Gasteiger partial charge in [0.2, 0.25) is 0 Å². The number of aromatic nitrogens is 2. The quantitative estimate of drug-likeness (QED) is 0.472. The molecule has 0 fully saturated rings. The maximum Gasteiger partial charge on any atom is 0.332 e. The smallest absolute Gasteiger partial charge is 0.332 e. The zero-order valence-corrected chi connectivity index (χ0v) is 14.2. The average Bonchev–Trinajstić information content (AvgIpc) is 2.58. The molecule has 0 bridgehead atoms. The fourth-order valence-corrected chi connectivity index (χ4v) is 1.95. The Morgan fingerprint density at radius 1 is 1.12 bits per heavy atom. The second-order valence-corrected chi connectivity index (χ2v) is 5.18. The van der Waals surface area contributed by atoms with Crippen LogP contribution in [0.25, 0.3) is 0 Å². The Balaban J connectivity index is 2.56. The van der Waals surface area contributed by atoms with Gasteiger partial charge in [-0.25, -0.2) is 9.79 Å². The largest absolute Gasteiger partial charge is 0.483 e. The number of rotatable bonds is 5. The number of nitrogens with zero attached hydrogens (tertiary/aromatic N) is 5. The Morgan fingerprint density at radius 3 is 2.42 bits per heavy atom. The number of hydrogen-bond donors (Lipinski definition) is 0. The van der Waals surface area contributed by atoms with E-state index in [9.17, 15) is 9.59 Å². The van der Waals surface area contributed by atoms with Crippen LogP contribution < -0.4 is 11.2 Å². The summed E-state index contributed by atoms with van der Waals surface area (Å²) in [5.41, 5.74) is -0.672. The fourth-order valence-electron chi connectivity index (χ4n) is 1.83. The minimum Gasteiger partial charge on any atom is -0.483 e. The van der Waals surface area contributed by atoms with Crippen LogP contribution in [0.3, 0.4) is 0 Å². The monoisotopic (exact) mass is 349 g/mol. The van der Waals surface area contributed by atoms with Crippen molar-refractivity contribution >= 4 is 35.2 Å². The lowest BCUT2D eigenvalue weighted by Crippen LogP contribution is -2.36. The van der Waals surface area contributed by atoms with Crippen LogP contribution in [0.5, 0.6) is 0 Å². The maximum atomic E-state index is 12.3. The number of hydrogen-bond acceptors (Lipinski definition) is 6. The molecule has 2 rings (SSSR count). The highest BCUT2D eigenvalue weighted by atomic mass is 35.5. The van der Waals surface area contributed by atoms with Crippen LogP contribution in [0.4, 0.5) is 17.2 Å². The van der Waals surface area contributed by atoms with Crippen LogP contribution in [0.15, 0.2) is 49.1 Å². The maximum absolute atomic E-state index is 12.3. The Morgan fingerprint density at radius 2 is 1.79 bits per heavy atom. The molecule has 1 aromatic heterocycles. The van der Waals surface area contributed by atoms with Gasteiger partial charge in [0.1, 0.15) is 0 Å². The van der Waals surface area contributed by atoms with Gasteiger partial charge in [-0.2, -0.15) is 5.11 Å². The molecule has 2 aromatic rings. The zero-order chi connectivity index (χ0) is 17.7. The summed E-state index contributed by atoms with van der Waals surface area (Å²) in [4.78, 5) is 28.4. The molecule has 9 heteroatoms. The van der Waals surface area contributed by atoms with Crippen molar-refractivity contribution in [3.05, 3.63) is 50.1 Å². The van der Waals surface area contributed by atoms with Gasteiger partial charge >= 0.3 is 5.69 Å². The molecule has 0 amide bonds. The first-order valence-electron chi connectivity index (χ1n) is 7.07. The molecule has 8 nitrogen and oxygen atoms in total. The van der Waals surface area contributed by atoms with E-state index in [0.29, 0.717) is 17.3 Å². The first-order chi connectivity index (χ1) is 11.5. The molecule has 0 aliphatic heterocycles. The van der Waals surface area contributed by atoms with Gasteiger partial charge in [0.05, 0.1) is 12.3 Å². The fraction of sp³-hybridized carbons (Fsp3) is 0.267. The highest BCUT2D eigenvalue weighted by molar-refractivity contribution is 6.30. The van der Waals surface area contributed by atoms with Crippen LogP contribution in [-0.4, -0.2) is 22.1 Å². The average molecular weight is 350 g/mol. The Bertz CT molecular complexity index is 897. The molecule has 24 heavy (non-hydrogen) atoms. The van der Waals surface area contributed by atoms with Gasteiger partial charge in [0.15, 0.2) is 17.9 Å². The van der Waals surface area contributed by atoms with Crippen LogP contribution in [-0.2, 0) is 18.8 Å². The van der Waals surface area contributed by atoms with Crippen LogP contribution >= 0.6 is 11.6 Å². The lowest BCUT2D eigenvalue weighted by Gasteiger charge is -2.08. The summed E-state index contributed by atoms with van der Waals surface area (Å²) in [6.45, 7) is 2.19. The molecule has 0 N–H and O–H groups in total. The van der Waals surface area contributed by atoms with E-state index in [-0.39, 0.29) is 11.5 Å².